The Labute approximate surface area is 169 Å². The number of fused-ring (bicyclic) bond motifs is 2. The van der Waals surface area contributed by atoms with Crippen molar-refractivity contribution >= 4 is 6.29 Å². The van der Waals surface area contributed by atoms with E-state index >= 15 is 0 Å². The van der Waals surface area contributed by atoms with Crippen molar-refractivity contribution in [2.45, 2.75) is 25.3 Å². The molecule has 7 heteroatoms. The summed E-state index contributed by atoms with van der Waals surface area (Å²) in [5.41, 5.74) is 3.15. The van der Waals surface area contributed by atoms with Gasteiger partial charge in [-0.2, -0.15) is 0 Å². The Morgan fingerprint density at radius 3 is 2.76 bits per heavy atom. The molecule has 0 saturated heterocycles. The first-order valence-electron chi connectivity index (χ1n) is 9.56. The minimum absolute atomic E-state index is 0.104. The first-order chi connectivity index (χ1) is 14.0. The van der Waals surface area contributed by atoms with Gasteiger partial charge in [0.2, 0.25) is 12.5 Å². The second-order valence-electron chi connectivity index (χ2n) is 7.42. The van der Waals surface area contributed by atoms with Crippen molar-refractivity contribution in [3.63, 3.8) is 0 Å². The van der Waals surface area contributed by atoms with Crippen LogP contribution in [0.25, 0.3) is 0 Å². The summed E-state index contributed by atoms with van der Waals surface area (Å²) in [4.78, 5) is 14.2. The maximum Gasteiger partial charge on any atom is 0.231 e. The van der Waals surface area contributed by atoms with Gasteiger partial charge in [-0.15, -0.1) is 0 Å². The quantitative estimate of drug-likeness (QED) is 0.773. The smallest absolute Gasteiger partial charge is 0.231 e. The van der Waals surface area contributed by atoms with Gasteiger partial charge in [0, 0.05) is 24.1 Å². The molecule has 0 bridgehead atoms. The highest BCUT2D eigenvalue weighted by molar-refractivity contribution is 5.84. The molecule has 29 heavy (non-hydrogen) atoms. The molecule has 2 aliphatic rings. The summed E-state index contributed by atoms with van der Waals surface area (Å²) in [5.74, 6) is 1.91. The van der Waals surface area contributed by atoms with E-state index in [9.17, 15) is 9.90 Å². The van der Waals surface area contributed by atoms with E-state index in [2.05, 4.69) is 11.8 Å². The fraction of sp³-hybridized carbons (Fsp3) is 0.409. The van der Waals surface area contributed by atoms with Crippen LogP contribution in [0.3, 0.4) is 0 Å². The van der Waals surface area contributed by atoms with E-state index < -0.39 is 0 Å². The average molecular weight is 399 g/mol. The number of carbonyl (C=O) groups excluding carboxylic acids is 1. The van der Waals surface area contributed by atoms with E-state index in [1.54, 1.807) is 13.2 Å². The number of likely N-dealkylation sites (N-methyl/N-ethyl adjacent to an activating group) is 1. The Hall–Kier alpha value is -2.93. The molecule has 2 aliphatic heterocycles. The maximum atomic E-state index is 12.0. The molecular weight excluding hydrogens is 374 g/mol. The number of ether oxygens (including phenoxy) is 4. The number of hydrogen-bond donors (Lipinski definition) is 1. The van der Waals surface area contributed by atoms with Crippen LogP contribution in [0.15, 0.2) is 18.2 Å². The molecule has 0 radical (unpaired) electrons. The Morgan fingerprint density at radius 2 is 2.07 bits per heavy atom. The number of rotatable bonds is 5. The Balaban J connectivity index is 1.85. The molecule has 0 spiro atoms. The van der Waals surface area contributed by atoms with Crippen LogP contribution in [-0.4, -0.2) is 50.9 Å². The standard InChI is InChI=1S/C22H25NO6/c1-12(14-5-6-16(26-3)21(27-4)15(14)10-24)19-18-13(7-8-23(19)2)9-17-22(20(18)25)29-11-28-17/h5-6,9-10,12,19,25H,7-8,11H2,1-4H3. The highest BCUT2D eigenvalue weighted by Crippen LogP contribution is 2.52. The third kappa shape index (κ3) is 2.97. The number of benzene rings is 2. The zero-order chi connectivity index (χ0) is 20.7. The molecule has 0 aliphatic carbocycles. The number of phenolic OH excluding ortho intramolecular Hbond substituents is 1. The van der Waals surface area contributed by atoms with Crippen molar-refractivity contribution in [2.24, 2.45) is 0 Å². The van der Waals surface area contributed by atoms with E-state index in [1.165, 1.54) is 7.11 Å². The van der Waals surface area contributed by atoms with Crippen molar-refractivity contribution < 1.29 is 28.8 Å². The molecule has 0 amide bonds. The van der Waals surface area contributed by atoms with Crippen LogP contribution in [0.4, 0.5) is 0 Å². The van der Waals surface area contributed by atoms with Crippen LogP contribution in [-0.2, 0) is 6.42 Å². The van der Waals surface area contributed by atoms with Gasteiger partial charge in [-0.3, -0.25) is 9.69 Å². The summed E-state index contributed by atoms with van der Waals surface area (Å²) in [7, 11) is 5.09. The molecule has 0 fully saturated rings. The lowest BCUT2D eigenvalue weighted by Gasteiger charge is -2.39. The fourth-order valence-corrected chi connectivity index (χ4v) is 4.57. The predicted molar refractivity (Wildman–Crippen MR) is 107 cm³/mol. The fourth-order valence-electron chi connectivity index (χ4n) is 4.57. The van der Waals surface area contributed by atoms with Crippen LogP contribution >= 0.6 is 0 Å². The highest BCUT2D eigenvalue weighted by atomic mass is 16.7. The second-order valence-corrected chi connectivity index (χ2v) is 7.42. The van der Waals surface area contributed by atoms with Crippen molar-refractivity contribution in [3.05, 3.63) is 40.5 Å². The molecule has 7 nitrogen and oxygen atoms in total. The Kier molecular flexibility index (Phi) is 5.00. The summed E-state index contributed by atoms with van der Waals surface area (Å²) >= 11 is 0. The van der Waals surface area contributed by atoms with E-state index in [4.69, 9.17) is 18.9 Å². The topological polar surface area (TPSA) is 77.5 Å². The summed E-state index contributed by atoms with van der Waals surface area (Å²) in [6, 6.07) is 5.51. The predicted octanol–water partition coefficient (Wildman–Crippen LogP) is 3.28. The summed E-state index contributed by atoms with van der Waals surface area (Å²) in [6.45, 7) is 2.98. The summed E-state index contributed by atoms with van der Waals surface area (Å²) in [6.07, 6.45) is 1.60. The third-order valence-corrected chi connectivity index (χ3v) is 5.97. The number of hydrogen-bond acceptors (Lipinski definition) is 7. The van der Waals surface area contributed by atoms with Crippen molar-refractivity contribution in [3.8, 4) is 28.7 Å². The molecular formula is C22H25NO6. The number of carbonyl (C=O) groups is 1. The van der Waals surface area contributed by atoms with Crippen molar-refractivity contribution in [1.29, 1.82) is 0 Å². The zero-order valence-electron chi connectivity index (χ0n) is 17.0. The van der Waals surface area contributed by atoms with E-state index in [0.717, 1.165) is 35.9 Å². The Bertz CT molecular complexity index is 957. The maximum absolute atomic E-state index is 12.0. The monoisotopic (exact) mass is 399 g/mol. The van der Waals surface area contributed by atoms with Crippen molar-refractivity contribution in [2.75, 3.05) is 34.6 Å². The molecule has 4 rings (SSSR count). The van der Waals surface area contributed by atoms with Crippen LogP contribution in [0.2, 0.25) is 0 Å². The molecule has 0 aromatic heterocycles. The van der Waals surface area contributed by atoms with Gasteiger partial charge in [-0.25, -0.2) is 0 Å². The average Bonchev–Trinajstić information content (AvgIpc) is 3.21. The largest absolute Gasteiger partial charge is 0.504 e. The van der Waals surface area contributed by atoms with Gasteiger partial charge in [-0.1, -0.05) is 13.0 Å². The molecule has 1 N–H and O–H groups in total. The third-order valence-electron chi connectivity index (χ3n) is 5.97. The molecule has 0 saturated carbocycles. The first-order valence-corrected chi connectivity index (χ1v) is 9.56. The van der Waals surface area contributed by atoms with E-state index in [0.29, 0.717) is 28.6 Å². The number of methoxy groups -OCH3 is 2. The second kappa shape index (κ2) is 7.48. The van der Waals surface area contributed by atoms with Gasteiger partial charge in [0.1, 0.15) is 0 Å². The number of phenols is 1. The van der Waals surface area contributed by atoms with Crippen LogP contribution in [0, 0.1) is 0 Å². The molecule has 2 aromatic rings. The zero-order valence-corrected chi connectivity index (χ0v) is 17.0. The van der Waals surface area contributed by atoms with Crippen LogP contribution in [0.5, 0.6) is 28.7 Å². The van der Waals surface area contributed by atoms with Gasteiger partial charge in [-0.05, 0) is 36.7 Å². The molecule has 154 valence electrons. The van der Waals surface area contributed by atoms with Gasteiger partial charge >= 0.3 is 0 Å². The lowest BCUT2D eigenvalue weighted by Crippen LogP contribution is -2.35. The van der Waals surface area contributed by atoms with Gasteiger partial charge < -0.3 is 24.1 Å². The number of aldehydes is 1. The summed E-state index contributed by atoms with van der Waals surface area (Å²) < 4.78 is 21.8. The first kappa shape index (κ1) is 19.4. The minimum atomic E-state index is -0.148. The minimum Gasteiger partial charge on any atom is -0.504 e. The van der Waals surface area contributed by atoms with Gasteiger partial charge in [0.25, 0.3) is 0 Å². The van der Waals surface area contributed by atoms with Gasteiger partial charge in [0.05, 0.1) is 19.8 Å². The van der Waals surface area contributed by atoms with E-state index in [-0.39, 0.29) is 24.5 Å². The molecule has 2 atom stereocenters. The normalized spacial score (nSPS) is 18.8. The Morgan fingerprint density at radius 1 is 1.28 bits per heavy atom. The molecule has 2 unspecified atom stereocenters. The van der Waals surface area contributed by atoms with Gasteiger partial charge in [0.15, 0.2) is 29.3 Å². The highest BCUT2D eigenvalue weighted by Gasteiger charge is 2.37. The lowest BCUT2D eigenvalue weighted by atomic mass is 9.80. The van der Waals surface area contributed by atoms with Crippen LogP contribution in [0.1, 0.15) is 45.9 Å². The molecule has 2 heterocycles. The SMILES string of the molecule is COc1ccc(C(C)C2c3c(cc4c(c3O)OCO4)CCN2C)c(C=O)c1OC. The number of aromatic hydroxyl groups is 1. The van der Waals surface area contributed by atoms with Crippen LogP contribution < -0.4 is 18.9 Å². The summed E-state index contributed by atoms with van der Waals surface area (Å²) in [5, 5.41) is 11.0. The van der Waals surface area contributed by atoms with E-state index in [1.807, 2.05) is 19.2 Å². The molecule has 2 aromatic carbocycles. The van der Waals surface area contributed by atoms with Crippen molar-refractivity contribution in [1.82, 2.24) is 4.90 Å². The lowest BCUT2D eigenvalue weighted by molar-refractivity contribution is 0.111. The number of nitrogens with zero attached hydrogens (tertiary/aromatic N) is 1.